The molecule has 1 aliphatic heterocycles. The zero-order chi connectivity index (χ0) is 14.7. The molecule has 1 atom stereocenters. The van der Waals surface area contributed by atoms with Gasteiger partial charge in [-0.3, -0.25) is 4.79 Å². The molecule has 0 unspecified atom stereocenters. The Balaban J connectivity index is 1.64. The van der Waals surface area contributed by atoms with Gasteiger partial charge in [0.15, 0.2) is 0 Å². The smallest absolute Gasteiger partial charge is 0.227 e. The maximum atomic E-state index is 13.2. The number of hydrogen-bond acceptors (Lipinski definition) is 3. The minimum Gasteiger partial charge on any atom is -0.340 e. The van der Waals surface area contributed by atoms with E-state index >= 15 is 0 Å². The lowest BCUT2D eigenvalue weighted by Crippen LogP contribution is -2.41. The highest BCUT2D eigenvalue weighted by molar-refractivity contribution is 5.78. The first-order valence-electron chi connectivity index (χ1n) is 7.09. The number of hydrogen-bond donors (Lipinski definition) is 0. The van der Waals surface area contributed by atoms with Crippen LogP contribution in [0.3, 0.4) is 0 Å². The van der Waals surface area contributed by atoms with Crippen LogP contribution in [-0.2, 0) is 11.2 Å². The standard InChI is InChI=1S/C15H17FN4O/c16-13-4-1-3-12(7-13)8-15(21)19-6-2-5-14(9-19)20-11-17-10-18-20/h1,3-4,7,10-11,14H,2,5-6,8-9H2/t14-/m1/s1. The lowest BCUT2D eigenvalue weighted by molar-refractivity contribution is -0.132. The summed E-state index contributed by atoms with van der Waals surface area (Å²) in [5.41, 5.74) is 0.711. The number of carbonyl (C=O) groups is 1. The SMILES string of the molecule is O=C(Cc1cccc(F)c1)N1CCC[C@@H](n2cncn2)C1. The van der Waals surface area contributed by atoms with Gasteiger partial charge in [-0.15, -0.1) is 0 Å². The molecule has 0 saturated carbocycles. The first-order valence-corrected chi connectivity index (χ1v) is 7.09. The summed E-state index contributed by atoms with van der Waals surface area (Å²) in [6.07, 6.45) is 5.37. The van der Waals surface area contributed by atoms with Crippen molar-refractivity contribution < 1.29 is 9.18 Å². The zero-order valence-corrected chi connectivity index (χ0v) is 11.7. The first-order chi connectivity index (χ1) is 10.2. The fourth-order valence-electron chi connectivity index (χ4n) is 2.74. The Hall–Kier alpha value is -2.24. The minimum absolute atomic E-state index is 0.0328. The van der Waals surface area contributed by atoms with E-state index in [0.717, 1.165) is 19.4 Å². The van der Waals surface area contributed by atoms with Crippen molar-refractivity contribution in [1.29, 1.82) is 0 Å². The Bertz CT molecular complexity index is 614. The van der Waals surface area contributed by atoms with Crippen molar-refractivity contribution in [2.45, 2.75) is 25.3 Å². The number of piperidine rings is 1. The predicted molar refractivity (Wildman–Crippen MR) is 75.0 cm³/mol. The Kier molecular flexibility index (Phi) is 3.94. The van der Waals surface area contributed by atoms with Crippen molar-refractivity contribution in [2.75, 3.05) is 13.1 Å². The Morgan fingerprint density at radius 2 is 2.33 bits per heavy atom. The second kappa shape index (κ2) is 6.03. The molecule has 6 heteroatoms. The van der Waals surface area contributed by atoms with Gasteiger partial charge in [0.05, 0.1) is 12.5 Å². The Morgan fingerprint density at radius 1 is 1.43 bits per heavy atom. The number of carbonyl (C=O) groups excluding carboxylic acids is 1. The second-order valence-corrected chi connectivity index (χ2v) is 5.32. The topological polar surface area (TPSA) is 51.0 Å². The molecule has 0 aliphatic carbocycles. The van der Waals surface area contributed by atoms with Gasteiger partial charge < -0.3 is 4.90 Å². The molecule has 1 fully saturated rings. The maximum absolute atomic E-state index is 13.2. The molecule has 1 aliphatic rings. The predicted octanol–water partition coefficient (Wildman–Crippen LogP) is 1.82. The number of rotatable bonds is 3. The summed E-state index contributed by atoms with van der Waals surface area (Å²) in [5, 5.41) is 4.15. The van der Waals surface area contributed by atoms with Crippen LogP contribution in [0.5, 0.6) is 0 Å². The molecule has 0 N–H and O–H groups in total. The molecule has 0 bridgehead atoms. The Labute approximate surface area is 122 Å². The number of amides is 1. The number of likely N-dealkylation sites (tertiary alicyclic amines) is 1. The highest BCUT2D eigenvalue weighted by Crippen LogP contribution is 2.21. The lowest BCUT2D eigenvalue weighted by Gasteiger charge is -2.32. The van der Waals surface area contributed by atoms with Crippen molar-refractivity contribution in [2.24, 2.45) is 0 Å². The highest BCUT2D eigenvalue weighted by Gasteiger charge is 2.25. The van der Waals surface area contributed by atoms with E-state index in [1.165, 1.54) is 18.5 Å². The number of halogens is 1. The zero-order valence-electron chi connectivity index (χ0n) is 11.7. The minimum atomic E-state index is -0.306. The van der Waals surface area contributed by atoms with Gasteiger partial charge >= 0.3 is 0 Å². The summed E-state index contributed by atoms with van der Waals surface area (Å²) in [4.78, 5) is 18.1. The molecule has 0 radical (unpaired) electrons. The molecule has 5 nitrogen and oxygen atoms in total. The molecular formula is C15H17FN4O. The van der Waals surface area contributed by atoms with Crippen LogP contribution >= 0.6 is 0 Å². The summed E-state index contributed by atoms with van der Waals surface area (Å²) in [5.74, 6) is -0.273. The van der Waals surface area contributed by atoms with Gasteiger partial charge in [0, 0.05) is 13.1 Å². The highest BCUT2D eigenvalue weighted by atomic mass is 19.1. The van der Waals surface area contributed by atoms with E-state index in [9.17, 15) is 9.18 Å². The monoisotopic (exact) mass is 288 g/mol. The van der Waals surface area contributed by atoms with E-state index in [1.807, 2.05) is 9.58 Å². The summed E-state index contributed by atoms with van der Waals surface area (Å²) in [6, 6.07) is 6.39. The summed E-state index contributed by atoms with van der Waals surface area (Å²) in [7, 11) is 0. The number of nitrogens with zero attached hydrogens (tertiary/aromatic N) is 4. The van der Waals surface area contributed by atoms with Gasteiger partial charge in [0.1, 0.15) is 18.5 Å². The molecule has 0 spiro atoms. The van der Waals surface area contributed by atoms with Crippen LogP contribution < -0.4 is 0 Å². The van der Waals surface area contributed by atoms with Crippen molar-refractivity contribution in [3.63, 3.8) is 0 Å². The third-order valence-electron chi connectivity index (χ3n) is 3.80. The van der Waals surface area contributed by atoms with Gasteiger partial charge in [-0.25, -0.2) is 14.1 Å². The number of aromatic nitrogens is 3. The van der Waals surface area contributed by atoms with Gasteiger partial charge in [0.2, 0.25) is 5.91 Å². The average molecular weight is 288 g/mol. The average Bonchev–Trinajstić information content (AvgIpc) is 3.02. The van der Waals surface area contributed by atoms with Gasteiger partial charge in [-0.2, -0.15) is 5.10 Å². The lowest BCUT2D eigenvalue weighted by atomic mass is 10.0. The van der Waals surface area contributed by atoms with Crippen LogP contribution in [0.25, 0.3) is 0 Å². The van der Waals surface area contributed by atoms with Crippen LogP contribution in [0.4, 0.5) is 4.39 Å². The molecule has 110 valence electrons. The third-order valence-corrected chi connectivity index (χ3v) is 3.80. The summed E-state index contributed by atoms with van der Waals surface area (Å²) < 4.78 is 15.0. The first kappa shape index (κ1) is 13.7. The summed E-state index contributed by atoms with van der Waals surface area (Å²) >= 11 is 0. The Morgan fingerprint density at radius 3 is 3.10 bits per heavy atom. The van der Waals surface area contributed by atoms with E-state index in [4.69, 9.17) is 0 Å². The van der Waals surface area contributed by atoms with E-state index in [1.54, 1.807) is 18.5 Å². The van der Waals surface area contributed by atoms with Crippen LogP contribution in [-0.4, -0.2) is 38.7 Å². The van der Waals surface area contributed by atoms with E-state index in [0.29, 0.717) is 12.1 Å². The molecule has 1 saturated heterocycles. The van der Waals surface area contributed by atoms with Crippen LogP contribution in [0.1, 0.15) is 24.4 Å². The molecule has 2 heterocycles. The molecule has 1 aromatic carbocycles. The fraction of sp³-hybridized carbons (Fsp3) is 0.400. The van der Waals surface area contributed by atoms with Crippen molar-refractivity contribution >= 4 is 5.91 Å². The van der Waals surface area contributed by atoms with Gasteiger partial charge in [0.25, 0.3) is 0 Å². The summed E-state index contributed by atoms with van der Waals surface area (Å²) in [6.45, 7) is 1.39. The molecule has 3 rings (SSSR count). The van der Waals surface area contributed by atoms with Crippen LogP contribution in [0, 0.1) is 5.82 Å². The van der Waals surface area contributed by atoms with E-state index in [-0.39, 0.29) is 24.2 Å². The quantitative estimate of drug-likeness (QED) is 0.865. The van der Waals surface area contributed by atoms with E-state index in [2.05, 4.69) is 10.1 Å². The molecular weight excluding hydrogens is 271 g/mol. The normalized spacial score (nSPS) is 18.7. The van der Waals surface area contributed by atoms with Crippen LogP contribution in [0.15, 0.2) is 36.9 Å². The van der Waals surface area contributed by atoms with E-state index < -0.39 is 0 Å². The van der Waals surface area contributed by atoms with Crippen molar-refractivity contribution in [3.05, 3.63) is 48.3 Å². The number of benzene rings is 1. The molecule has 2 aromatic rings. The second-order valence-electron chi connectivity index (χ2n) is 5.32. The fourth-order valence-corrected chi connectivity index (χ4v) is 2.74. The van der Waals surface area contributed by atoms with Gasteiger partial charge in [-0.1, -0.05) is 12.1 Å². The molecule has 1 aromatic heterocycles. The largest absolute Gasteiger partial charge is 0.340 e. The van der Waals surface area contributed by atoms with Crippen molar-refractivity contribution in [1.82, 2.24) is 19.7 Å². The molecule has 1 amide bonds. The van der Waals surface area contributed by atoms with Crippen molar-refractivity contribution in [3.8, 4) is 0 Å². The third kappa shape index (κ3) is 3.26. The maximum Gasteiger partial charge on any atom is 0.227 e. The molecule has 21 heavy (non-hydrogen) atoms. The van der Waals surface area contributed by atoms with Crippen LogP contribution in [0.2, 0.25) is 0 Å². The van der Waals surface area contributed by atoms with Gasteiger partial charge in [-0.05, 0) is 30.5 Å².